The van der Waals surface area contributed by atoms with Gasteiger partial charge in [0.25, 0.3) is 0 Å². The van der Waals surface area contributed by atoms with E-state index in [0.29, 0.717) is 0 Å². The third-order valence-corrected chi connectivity index (χ3v) is 5.51. The number of aromatic nitrogens is 2. The highest BCUT2D eigenvalue weighted by molar-refractivity contribution is 6.74. The summed E-state index contributed by atoms with van der Waals surface area (Å²) in [7, 11) is 0. The SMILES string of the molecule is Cc1ccc(=O)n2c1[B-]1(OC(C)(C)C(C)(C)O1)[n+]1ccccc1-2. The Labute approximate surface area is 135 Å². The fourth-order valence-electron chi connectivity index (χ4n) is 3.73. The van der Waals surface area contributed by atoms with E-state index in [2.05, 4.69) is 0 Å². The molecule has 4 rings (SSSR count). The van der Waals surface area contributed by atoms with Gasteiger partial charge in [-0.15, -0.1) is 0 Å². The second-order valence-electron chi connectivity index (χ2n) is 7.47. The molecule has 5 nitrogen and oxygen atoms in total. The summed E-state index contributed by atoms with van der Waals surface area (Å²) in [4.78, 5) is 12.5. The molecule has 120 valence electrons. The molecule has 0 N–H and O–H groups in total. The molecule has 1 saturated heterocycles. The van der Waals surface area contributed by atoms with Crippen LogP contribution < -0.4 is 15.6 Å². The fourth-order valence-corrected chi connectivity index (χ4v) is 3.73. The van der Waals surface area contributed by atoms with Crippen LogP contribution in [0.1, 0.15) is 33.3 Å². The maximum Gasteiger partial charge on any atom is 0.521 e. The lowest BCUT2D eigenvalue weighted by Gasteiger charge is -2.36. The van der Waals surface area contributed by atoms with Gasteiger partial charge in [-0.25, -0.2) is 4.79 Å². The number of hydrogen-bond acceptors (Lipinski definition) is 3. The van der Waals surface area contributed by atoms with Gasteiger partial charge < -0.3 is 13.8 Å². The van der Waals surface area contributed by atoms with Crippen LogP contribution in [0.2, 0.25) is 0 Å². The van der Waals surface area contributed by atoms with E-state index in [1.54, 1.807) is 10.6 Å². The van der Waals surface area contributed by atoms with Crippen LogP contribution in [0.3, 0.4) is 0 Å². The van der Waals surface area contributed by atoms with E-state index in [0.717, 1.165) is 17.0 Å². The first-order valence-electron chi connectivity index (χ1n) is 7.98. The van der Waals surface area contributed by atoms with Crippen LogP contribution in [0, 0.1) is 6.92 Å². The number of pyridine rings is 2. The first-order chi connectivity index (χ1) is 10.7. The zero-order chi connectivity index (χ0) is 16.6. The van der Waals surface area contributed by atoms with Crippen LogP contribution in [0.25, 0.3) is 5.82 Å². The lowest BCUT2D eigenvalue weighted by molar-refractivity contribution is -0.560. The molecule has 1 spiro atoms. The van der Waals surface area contributed by atoms with Gasteiger partial charge in [-0.3, -0.25) is 0 Å². The molecular weight excluding hydrogens is 291 g/mol. The molecule has 0 amide bonds. The van der Waals surface area contributed by atoms with Gasteiger partial charge in [0, 0.05) is 29.5 Å². The molecule has 0 saturated carbocycles. The summed E-state index contributed by atoms with van der Waals surface area (Å²) < 4.78 is 16.8. The standard InChI is InChI=1S/C17H21BN2O3/c1-12-9-10-14(21)20-13-8-6-7-11-19(13)18(15(12)20)22-16(2,3)17(4,5)23-18/h6-11H,1-5H3. The van der Waals surface area contributed by atoms with Gasteiger partial charge in [-0.2, -0.15) is 4.57 Å². The number of aryl methyl sites for hydroxylation is 1. The molecule has 1 fully saturated rings. The Morgan fingerprint density at radius 2 is 1.70 bits per heavy atom. The molecule has 2 aromatic rings. The van der Waals surface area contributed by atoms with Crippen molar-refractivity contribution in [2.45, 2.75) is 45.8 Å². The van der Waals surface area contributed by atoms with Crippen LogP contribution in [0.4, 0.5) is 0 Å². The van der Waals surface area contributed by atoms with Crippen molar-refractivity contribution >= 4 is 12.3 Å². The van der Waals surface area contributed by atoms with E-state index < -0.39 is 17.9 Å². The van der Waals surface area contributed by atoms with Crippen molar-refractivity contribution in [1.29, 1.82) is 0 Å². The molecule has 4 heterocycles. The second-order valence-corrected chi connectivity index (χ2v) is 7.47. The zero-order valence-corrected chi connectivity index (χ0v) is 14.2. The Balaban J connectivity index is 2.12. The van der Waals surface area contributed by atoms with E-state index in [1.807, 2.05) is 69.6 Å². The average Bonchev–Trinajstić information content (AvgIpc) is 2.84. The van der Waals surface area contributed by atoms with Crippen molar-refractivity contribution in [3.8, 4) is 5.82 Å². The first kappa shape index (κ1) is 14.7. The normalized spacial score (nSPS) is 22.1. The van der Waals surface area contributed by atoms with Crippen LogP contribution in [0.15, 0.2) is 41.3 Å². The molecule has 0 aliphatic carbocycles. The van der Waals surface area contributed by atoms with Crippen LogP contribution in [0.5, 0.6) is 0 Å². The minimum Gasteiger partial charge on any atom is -0.516 e. The first-order valence-corrected chi connectivity index (χ1v) is 7.98. The van der Waals surface area contributed by atoms with Gasteiger partial charge in [-0.1, -0.05) is 12.1 Å². The monoisotopic (exact) mass is 312 g/mol. The van der Waals surface area contributed by atoms with Crippen molar-refractivity contribution in [2.75, 3.05) is 0 Å². The maximum absolute atomic E-state index is 12.5. The minimum atomic E-state index is -1.95. The fraction of sp³-hybridized carbons (Fsp3) is 0.412. The highest BCUT2D eigenvalue weighted by Crippen LogP contribution is 2.41. The second kappa shape index (κ2) is 4.13. The highest BCUT2D eigenvalue weighted by atomic mass is 16.7. The smallest absolute Gasteiger partial charge is 0.516 e. The molecule has 0 aromatic carbocycles. The molecular formula is C17H21BN2O3. The molecule has 0 radical (unpaired) electrons. The van der Waals surface area contributed by atoms with Crippen molar-refractivity contribution in [3.63, 3.8) is 0 Å². The molecule has 0 bridgehead atoms. The third-order valence-electron chi connectivity index (χ3n) is 5.51. The summed E-state index contributed by atoms with van der Waals surface area (Å²) in [5.74, 6) is 0.782. The Morgan fingerprint density at radius 1 is 1.04 bits per heavy atom. The Bertz CT molecular complexity index is 870. The van der Waals surface area contributed by atoms with Crippen LogP contribution in [-0.4, -0.2) is 22.5 Å². The van der Waals surface area contributed by atoms with E-state index in [-0.39, 0.29) is 5.56 Å². The van der Waals surface area contributed by atoms with Crippen molar-refractivity contribution in [2.24, 2.45) is 0 Å². The number of nitrogens with zero attached hydrogens (tertiary/aromatic N) is 2. The van der Waals surface area contributed by atoms with Crippen molar-refractivity contribution in [1.82, 2.24) is 4.57 Å². The summed E-state index contributed by atoms with van der Waals surface area (Å²) in [5, 5.41) is 0. The summed E-state index contributed by atoms with van der Waals surface area (Å²) in [5.41, 5.74) is 0.754. The zero-order valence-electron chi connectivity index (χ0n) is 14.2. The lowest BCUT2D eigenvalue weighted by atomic mass is 9.66. The largest absolute Gasteiger partial charge is 0.521 e. The van der Waals surface area contributed by atoms with Gasteiger partial charge in [0.2, 0.25) is 5.82 Å². The third kappa shape index (κ3) is 1.65. The predicted molar refractivity (Wildman–Crippen MR) is 88.1 cm³/mol. The van der Waals surface area contributed by atoms with Gasteiger partial charge >= 0.3 is 12.2 Å². The number of hydrogen-bond donors (Lipinski definition) is 0. The molecule has 0 unspecified atom stereocenters. The summed E-state index contributed by atoms with van der Waals surface area (Å²) in [6, 6.07) is 9.21. The Morgan fingerprint density at radius 3 is 2.35 bits per heavy atom. The lowest BCUT2D eigenvalue weighted by Crippen LogP contribution is -2.72. The van der Waals surface area contributed by atoms with Crippen LogP contribution in [-0.2, 0) is 9.31 Å². The van der Waals surface area contributed by atoms with Gasteiger partial charge in [0.15, 0.2) is 0 Å². The van der Waals surface area contributed by atoms with Crippen LogP contribution >= 0.6 is 0 Å². The maximum atomic E-state index is 12.5. The average molecular weight is 312 g/mol. The van der Waals surface area contributed by atoms with Gasteiger partial charge in [0.05, 0.1) is 5.59 Å². The molecule has 6 heteroatoms. The van der Waals surface area contributed by atoms with E-state index in [1.165, 1.54) is 0 Å². The summed E-state index contributed by atoms with van der Waals surface area (Å²) in [6.07, 6.45) is 1.93. The molecule has 2 aliphatic heterocycles. The van der Waals surface area contributed by atoms with Gasteiger partial charge in [-0.05, 0) is 46.2 Å². The van der Waals surface area contributed by atoms with E-state index >= 15 is 0 Å². The topological polar surface area (TPSA) is 44.3 Å². The molecule has 23 heavy (non-hydrogen) atoms. The Kier molecular flexibility index (Phi) is 2.63. The van der Waals surface area contributed by atoms with E-state index in [4.69, 9.17) is 9.31 Å². The summed E-state index contributed by atoms with van der Waals surface area (Å²) in [6.45, 7) is 8.17. The summed E-state index contributed by atoms with van der Waals surface area (Å²) >= 11 is 0. The minimum absolute atomic E-state index is 0.0704. The Hall–Kier alpha value is -1.92. The number of rotatable bonds is 0. The highest BCUT2D eigenvalue weighted by Gasteiger charge is 2.63. The molecule has 2 aliphatic rings. The van der Waals surface area contributed by atoms with Gasteiger partial charge in [0.1, 0.15) is 0 Å². The van der Waals surface area contributed by atoms with E-state index in [9.17, 15) is 4.79 Å². The quantitative estimate of drug-likeness (QED) is 0.683. The molecule has 2 aromatic heterocycles. The van der Waals surface area contributed by atoms with Crippen molar-refractivity contribution < 1.29 is 13.8 Å². The predicted octanol–water partition coefficient (Wildman–Crippen LogP) is 1.05. The number of fused-ring (bicyclic) bond motifs is 5. The molecule has 0 atom stereocenters. The van der Waals surface area contributed by atoms with Crippen molar-refractivity contribution in [3.05, 3.63) is 52.4 Å².